The molecule has 0 aliphatic heterocycles. The molecular formula is C18H16O3. The van der Waals surface area contributed by atoms with Crippen molar-refractivity contribution < 1.29 is 14.3 Å². The highest BCUT2D eigenvalue weighted by molar-refractivity contribution is 5.72. The summed E-state index contributed by atoms with van der Waals surface area (Å²) in [4.78, 5) is 11.8. The van der Waals surface area contributed by atoms with E-state index in [-0.39, 0.29) is 18.7 Å². The third-order valence-electron chi connectivity index (χ3n) is 3.55. The summed E-state index contributed by atoms with van der Waals surface area (Å²) in [5.41, 5.74) is 3.36. The fourth-order valence-corrected chi connectivity index (χ4v) is 2.35. The fraction of sp³-hybridized carbons (Fsp3) is 0.167. The van der Waals surface area contributed by atoms with E-state index in [4.69, 9.17) is 9.47 Å². The second kappa shape index (κ2) is 5.83. The number of hydrogen-bond acceptors (Lipinski definition) is 3. The molecule has 0 fully saturated rings. The van der Waals surface area contributed by atoms with Crippen LogP contribution in [-0.4, -0.2) is 12.6 Å². The van der Waals surface area contributed by atoms with Crippen molar-refractivity contribution in [3.63, 3.8) is 0 Å². The molecule has 2 aromatic carbocycles. The molecule has 0 saturated carbocycles. The van der Waals surface area contributed by atoms with Gasteiger partial charge in [0.2, 0.25) is 0 Å². The molecule has 21 heavy (non-hydrogen) atoms. The van der Waals surface area contributed by atoms with Crippen LogP contribution in [0.3, 0.4) is 0 Å². The first kappa shape index (κ1) is 13.4. The molecule has 2 aromatic rings. The Hall–Kier alpha value is -2.55. The third kappa shape index (κ3) is 2.97. The van der Waals surface area contributed by atoms with Gasteiger partial charge in [-0.25, -0.2) is 4.79 Å². The molecule has 1 aliphatic rings. The van der Waals surface area contributed by atoms with Gasteiger partial charge >= 0.3 is 5.97 Å². The van der Waals surface area contributed by atoms with Crippen LogP contribution in [0, 0.1) is 0 Å². The quantitative estimate of drug-likeness (QED) is 0.786. The molecule has 1 aliphatic carbocycles. The minimum absolute atomic E-state index is 0.0773. The molecule has 0 bridgehead atoms. The minimum atomic E-state index is -0.345. The first-order valence-corrected chi connectivity index (χ1v) is 6.89. The Morgan fingerprint density at radius 1 is 1.19 bits per heavy atom. The number of benzene rings is 2. The molecule has 106 valence electrons. The van der Waals surface area contributed by atoms with Crippen LogP contribution in [0.5, 0.6) is 5.75 Å². The number of ether oxygens (including phenoxy) is 2. The van der Waals surface area contributed by atoms with Crippen molar-refractivity contribution in [1.29, 1.82) is 0 Å². The zero-order valence-corrected chi connectivity index (χ0v) is 11.6. The van der Waals surface area contributed by atoms with Gasteiger partial charge in [0, 0.05) is 6.42 Å². The molecule has 0 heterocycles. The van der Waals surface area contributed by atoms with Gasteiger partial charge < -0.3 is 9.47 Å². The largest absolute Gasteiger partial charge is 0.482 e. The maximum Gasteiger partial charge on any atom is 0.344 e. The molecule has 1 atom stereocenters. The summed E-state index contributed by atoms with van der Waals surface area (Å²) in [6.45, 7) is 3.61. The van der Waals surface area contributed by atoms with Crippen LogP contribution in [0.4, 0.5) is 0 Å². The smallest absolute Gasteiger partial charge is 0.344 e. The molecule has 0 radical (unpaired) electrons. The summed E-state index contributed by atoms with van der Waals surface area (Å²) in [5.74, 6) is 0.300. The van der Waals surface area contributed by atoms with E-state index in [9.17, 15) is 4.79 Å². The maximum atomic E-state index is 11.8. The Balaban J connectivity index is 1.50. The molecule has 1 unspecified atom stereocenters. The predicted octanol–water partition coefficient (Wildman–Crippen LogP) is 3.55. The van der Waals surface area contributed by atoms with Crippen molar-refractivity contribution in [2.45, 2.75) is 12.5 Å². The number of carbonyl (C=O) groups excluding carboxylic acids is 1. The van der Waals surface area contributed by atoms with E-state index in [1.165, 1.54) is 5.56 Å². The Bertz CT molecular complexity index is 658. The van der Waals surface area contributed by atoms with Crippen LogP contribution in [-0.2, 0) is 16.0 Å². The van der Waals surface area contributed by atoms with E-state index >= 15 is 0 Å². The van der Waals surface area contributed by atoms with Crippen LogP contribution < -0.4 is 4.74 Å². The molecule has 0 spiro atoms. The summed E-state index contributed by atoms with van der Waals surface area (Å²) in [7, 11) is 0. The van der Waals surface area contributed by atoms with Crippen molar-refractivity contribution in [2.75, 3.05) is 6.61 Å². The van der Waals surface area contributed by atoms with Gasteiger partial charge in [-0.1, -0.05) is 49.1 Å². The second-order valence-electron chi connectivity index (χ2n) is 4.94. The second-order valence-corrected chi connectivity index (χ2v) is 4.94. The van der Waals surface area contributed by atoms with Crippen molar-refractivity contribution in [3.05, 3.63) is 71.8 Å². The lowest BCUT2D eigenvalue weighted by atomic mass is 9.85. The average molecular weight is 280 g/mol. The van der Waals surface area contributed by atoms with Crippen LogP contribution in [0.15, 0.2) is 55.1 Å². The molecule has 0 amide bonds. The molecule has 0 N–H and O–H groups in total. The lowest BCUT2D eigenvalue weighted by Crippen LogP contribution is -2.25. The van der Waals surface area contributed by atoms with E-state index in [2.05, 4.69) is 12.6 Å². The van der Waals surface area contributed by atoms with Crippen molar-refractivity contribution >= 4 is 12.0 Å². The van der Waals surface area contributed by atoms with Crippen molar-refractivity contribution in [2.24, 2.45) is 0 Å². The molecule has 3 rings (SSSR count). The van der Waals surface area contributed by atoms with Gasteiger partial charge in [0.25, 0.3) is 0 Å². The Labute approximate surface area is 123 Å². The molecular weight excluding hydrogens is 264 g/mol. The van der Waals surface area contributed by atoms with E-state index in [0.29, 0.717) is 5.75 Å². The van der Waals surface area contributed by atoms with Crippen LogP contribution in [0.1, 0.15) is 22.8 Å². The molecule has 3 heteroatoms. The number of esters is 1. The summed E-state index contributed by atoms with van der Waals surface area (Å²) in [5, 5.41) is 0. The van der Waals surface area contributed by atoms with Gasteiger partial charge in [-0.2, -0.15) is 0 Å². The number of rotatable bonds is 5. The summed E-state index contributed by atoms with van der Waals surface area (Å²) < 4.78 is 10.8. The fourth-order valence-electron chi connectivity index (χ4n) is 2.35. The number of carbonyl (C=O) groups is 1. The van der Waals surface area contributed by atoms with Gasteiger partial charge in [-0.05, 0) is 28.8 Å². The lowest BCUT2D eigenvalue weighted by molar-refractivity contribution is -0.153. The monoisotopic (exact) mass is 280 g/mol. The lowest BCUT2D eigenvalue weighted by Gasteiger charge is -2.29. The van der Waals surface area contributed by atoms with Crippen LogP contribution in [0.25, 0.3) is 6.08 Å². The topological polar surface area (TPSA) is 35.5 Å². The van der Waals surface area contributed by atoms with E-state index < -0.39 is 0 Å². The van der Waals surface area contributed by atoms with Gasteiger partial charge in [0.15, 0.2) is 6.61 Å². The van der Waals surface area contributed by atoms with Gasteiger partial charge in [-0.3, -0.25) is 0 Å². The summed E-state index contributed by atoms with van der Waals surface area (Å²) in [6, 6.07) is 15.4. The highest BCUT2D eigenvalue weighted by Gasteiger charge is 2.28. The summed E-state index contributed by atoms with van der Waals surface area (Å²) >= 11 is 0. The molecule has 0 aromatic heterocycles. The van der Waals surface area contributed by atoms with Crippen molar-refractivity contribution in [3.8, 4) is 5.75 Å². The van der Waals surface area contributed by atoms with E-state index in [1.807, 2.05) is 42.5 Å². The van der Waals surface area contributed by atoms with Gasteiger partial charge in [0.1, 0.15) is 11.9 Å². The highest BCUT2D eigenvalue weighted by atomic mass is 16.6. The minimum Gasteiger partial charge on any atom is -0.482 e. The zero-order chi connectivity index (χ0) is 14.7. The molecule has 0 saturated heterocycles. The van der Waals surface area contributed by atoms with Crippen LogP contribution >= 0.6 is 0 Å². The van der Waals surface area contributed by atoms with Crippen molar-refractivity contribution in [1.82, 2.24) is 0 Å². The molecule has 3 nitrogen and oxygen atoms in total. The standard InChI is InChI=1S/C18H16O3/c1-2-13-7-9-15(10-8-13)20-12-18(19)21-17-11-14-5-3-4-6-16(14)17/h2-10,17H,1,11-12H2. The van der Waals surface area contributed by atoms with E-state index in [1.54, 1.807) is 6.08 Å². The predicted molar refractivity (Wildman–Crippen MR) is 81.0 cm³/mol. The number of fused-ring (bicyclic) bond motifs is 1. The number of hydrogen-bond donors (Lipinski definition) is 0. The SMILES string of the molecule is C=Cc1ccc(OCC(=O)OC2Cc3ccccc32)cc1. The highest BCUT2D eigenvalue weighted by Crippen LogP contribution is 2.35. The average Bonchev–Trinajstić information content (AvgIpc) is 2.51. The van der Waals surface area contributed by atoms with Gasteiger partial charge in [0.05, 0.1) is 0 Å². The van der Waals surface area contributed by atoms with Crippen LogP contribution in [0.2, 0.25) is 0 Å². The first-order chi connectivity index (χ1) is 10.3. The first-order valence-electron chi connectivity index (χ1n) is 6.89. The van der Waals surface area contributed by atoms with E-state index in [0.717, 1.165) is 17.5 Å². The summed E-state index contributed by atoms with van der Waals surface area (Å²) in [6.07, 6.45) is 2.42. The third-order valence-corrected chi connectivity index (χ3v) is 3.55. The Kier molecular flexibility index (Phi) is 3.73. The van der Waals surface area contributed by atoms with Gasteiger partial charge in [-0.15, -0.1) is 0 Å². The Morgan fingerprint density at radius 2 is 1.95 bits per heavy atom. The maximum absolute atomic E-state index is 11.8. The zero-order valence-electron chi connectivity index (χ0n) is 11.6. The Morgan fingerprint density at radius 3 is 2.67 bits per heavy atom. The normalized spacial score (nSPS) is 15.5.